The van der Waals surface area contributed by atoms with E-state index in [1.54, 1.807) is 7.11 Å². The number of ether oxygens (including phenoxy) is 1. The Hall–Kier alpha value is -1.57. The van der Waals surface area contributed by atoms with Gasteiger partial charge in [0.2, 0.25) is 0 Å². The number of carbonyl (C=O) groups excluding carboxylic acids is 1. The second-order valence-corrected chi connectivity index (χ2v) is 7.28. The Morgan fingerprint density at radius 1 is 1.24 bits per heavy atom. The summed E-state index contributed by atoms with van der Waals surface area (Å²) in [6.45, 7) is 2.26. The average molecular weight is 282 g/mol. The molecule has 0 saturated heterocycles. The number of hydrogen-bond acceptors (Lipinski definition) is 2. The molecule has 3 aliphatic rings. The summed E-state index contributed by atoms with van der Waals surface area (Å²) in [6.07, 6.45) is 7.66. The molecule has 110 valence electrons. The van der Waals surface area contributed by atoms with Gasteiger partial charge in [-0.2, -0.15) is 0 Å². The van der Waals surface area contributed by atoms with Gasteiger partial charge >= 0.3 is 0 Å². The molecule has 2 saturated carbocycles. The third-order valence-electron chi connectivity index (χ3n) is 6.01. The molecule has 0 aromatic heterocycles. The summed E-state index contributed by atoms with van der Waals surface area (Å²) in [6, 6.07) is 8.27. The first-order valence-electron chi connectivity index (χ1n) is 7.96. The van der Waals surface area contributed by atoms with E-state index in [1.807, 2.05) is 12.1 Å². The molecule has 2 nitrogen and oxygen atoms in total. The number of Topliss-reactive ketones (excluding diaryl/α,β-unsaturated/α-hetero) is 1. The second kappa shape index (κ2) is 4.46. The lowest BCUT2D eigenvalue weighted by atomic mass is 9.60. The first kappa shape index (κ1) is 13.1. The average Bonchev–Trinajstić information content (AvgIpc) is 3.08. The highest BCUT2D eigenvalue weighted by molar-refractivity contribution is 5.85. The van der Waals surface area contributed by atoms with E-state index in [4.69, 9.17) is 4.74 Å². The highest BCUT2D eigenvalue weighted by Gasteiger charge is 2.54. The lowest BCUT2D eigenvalue weighted by Gasteiger charge is -2.42. The van der Waals surface area contributed by atoms with Gasteiger partial charge in [0.15, 0.2) is 0 Å². The van der Waals surface area contributed by atoms with E-state index in [0.29, 0.717) is 35.9 Å². The van der Waals surface area contributed by atoms with Crippen LogP contribution < -0.4 is 4.74 Å². The zero-order valence-electron chi connectivity index (χ0n) is 12.7. The minimum Gasteiger partial charge on any atom is -0.497 e. The van der Waals surface area contributed by atoms with Crippen molar-refractivity contribution in [1.29, 1.82) is 0 Å². The van der Waals surface area contributed by atoms with E-state index >= 15 is 0 Å². The van der Waals surface area contributed by atoms with Crippen LogP contribution in [0.1, 0.15) is 31.7 Å². The van der Waals surface area contributed by atoms with Crippen LogP contribution in [0.15, 0.2) is 36.4 Å². The molecule has 0 heterocycles. The number of benzene rings is 1. The predicted molar refractivity (Wildman–Crippen MR) is 82.3 cm³/mol. The normalized spacial score (nSPS) is 40.4. The summed E-state index contributed by atoms with van der Waals surface area (Å²) in [7, 11) is 1.70. The Morgan fingerprint density at radius 2 is 2.05 bits per heavy atom. The summed E-state index contributed by atoms with van der Waals surface area (Å²) in [4.78, 5) is 12.7. The van der Waals surface area contributed by atoms with Crippen LogP contribution in [0, 0.1) is 23.7 Å². The van der Waals surface area contributed by atoms with Crippen LogP contribution in [0.4, 0.5) is 0 Å². The van der Waals surface area contributed by atoms with E-state index in [0.717, 1.165) is 12.2 Å². The fourth-order valence-corrected chi connectivity index (χ4v) is 4.99. The van der Waals surface area contributed by atoms with Crippen LogP contribution in [0.5, 0.6) is 5.75 Å². The Bertz CT molecular complexity index is 618. The van der Waals surface area contributed by atoms with Crippen molar-refractivity contribution in [1.82, 2.24) is 0 Å². The molecule has 1 aromatic rings. The minimum absolute atomic E-state index is 0.0366. The van der Waals surface area contributed by atoms with Crippen molar-refractivity contribution in [3.8, 4) is 5.75 Å². The van der Waals surface area contributed by atoms with E-state index in [9.17, 15) is 4.79 Å². The van der Waals surface area contributed by atoms with Gasteiger partial charge in [0, 0.05) is 12.3 Å². The Kier molecular flexibility index (Phi) is 2.79. The van der Waals surface area contributed by atoms with E-state index in [-0.39, 0.29) is 5.41 Å². The third kappa shape index (κ3) is 1.88. The molecular formula is C19H22O2. The van der Waals surface area contributed by atoms with Crippen LogP contribution in [0.25, 0.3) is 0 Å². The van der Waals surface area contributed by atoms with Crippen molar-refractivity contribution in [2.45, 2.75) is 31.6 Å². The lowest BCUT2D eigenvalue weighted by molar-refractivity contribution is -0.129. The zero-order chi connectivity index (χ0) is 14.6. The van der Waals surface area contributed by atoms with E-state index < -0.39 is 0 Å². The number of ketones is 1. The SMILES string of the molecule is COc1cccc([C@]2(C)CC(=O)[C@@H]3[C@H](C2)[C@@H]2C=C[C@H]3C2)c1. The molecule has 0 spiro atoms. The van der Waals surface area contributed by atoms with Crippen molar-refractivity contribution >= 4 is 5.78 Å². The quantitative estimate of drug-likeness (QED) is 0.772. The van der Waals surface area contributed by atoms with Crippen LogP contribution >= 0.6 is 0 Å². The van der Waals surface area contributed by atoms with Gasteiger partial charge in [-0.15, -0.1) is 0 Å². The highest BCUT2D eigenvalue weighted by atomic mass is 16.5. The second-order valence-electron chi connectivity index (χ2n) is 7.28. The van der Waals surface area contributed by atoms with Crippen molar-refractivity contribution in [3.63, 3.8) is 0 Å². The molecular weight excluding hydrogens is 260 g/mol. The number of carbonyl (C=O) groups is 1. The van der Waals surface area contributed by atoms with Crippen LogP contribution in [0.2, 0.25) is 0 Å². The summed E-state index contributed by atoms with van der Waals surface area (Å²) in [5, 5.41) is 0. The highest BCUT2D eigenvalue weighted by Crippen LogP contribution is 2.57. The number of allylic oxidation sites excluding steroid dienone is 2. The molecule has 4 rings (SSSR count). The molecule has 21 heavy (non-hydrogen) atoms. The van der Waals surface area contributed by atoms with Gasteiger partial charge in [-0.05, 0) is 53.7 Å². The monoisotopic (exact) mass is 282 g/mol. The molecule has 0 aliphatic heterocycles. The maximum Gasteiger partial charge on any atom is 0.137 e. The first-order valence-corrected chi connectivity index (χ1v) is 7.96. The lowest BCUT2D eigenvalue weighted by Crippen LogP contribution is -2.42. The smallest absolute Gasteiger partial charge is 0.137 e. The van der Waals surface area contributed by atoms with Crippen molar-refractivity contribution < 1.29 is 9.53 Å². The van der Waals surface area contributed by atoms with Crippen molar-refractivity contribution in [2.24, 2.45) is 23.7 Å². The van der Waals surface area contributed by atoms with Gasteiger partial charge in [-0.1, -0.05) is 31.2 Å². The van der Waals surface area contributed by atoms with Crippen LogP contribution in [-0.2, 0) is 10.2 Å². The van der Waals surface area contributed by atoms with Gasteiger partial charge in [-0.25, -0.2) is 0 Å². The van der Waals surface area contributed by atoms with Gasteiger partial charge in [0.05, 0.1) is 7.11 Å². The summed E-state index contributed by atoms with van der Waals surface area (Å²) in [5.74, 6) is 3.39. The molecule has 0 radical (unpaired) electrons. The molecule has 0 amide bonds. The molecule has 2 fully saturated rings. The molecule has 1 aromatic carbocycles. The molecule has 2 bridgehead atoms. The summed E-state index contributed by atoms with van der Waals surface area (Å²) >= 11 is 0. The molecule has 5 atom stereocenters. The van der Waals surface area contributed by atoms with Gasteiger partial charge in [-0.3, -0.25) is 4.79 Å². The Labute approximate surface area is 126 Å². The molecule has 0 N–H and O–H groups in total. The van der Waals surface area contributed by atoms with Crippen molar-refractivity contribution in [3.05, 3.63) is 42.0 Å². The predicted octanol–water partition coefficient (Wildman–Crippen LogP) is 3.75. The molecule has 2 heteroatoms. The van der Waals surface area contributed by atoms with Gasteiger partial charge in [0.1, 0.15) is 11.5 Å². The number of methoxy groups -OCH3 is 1. The zero-order valence-corrected chi connectivity index (χ0v) is 12.7. The van der Waals surface area contributed by atoms with Gasteiger partial charge in [0.25, 0.3) is 0 Å². The fraction of sp³-hybridized carbons (Fsp3) is 0.526. The maximum atomic E-state index is 12.7. The standard InChI is InChI=1S/C19H22O2/c1-19(14-4-3-5-15(9-14)21-2)10-16-12-6-7-13(8-12)18(16)17(20)11-19/h3-7,9,12-13,16,18H,8,10-11H2,1-2H3/t12-,13+,16-,18+,19+/m1/s1. The maximum absolute atomic E-state index is 12.7. The Balaban J connectivity index is 1.69. The molecule has 3 aliphatic carbocycles. The summed E-state index contributed by atoms with van der Waals surface area (Å²) in [5.41, 5.74) is 1.21. The fourth-order valence-electron chi connectivity index (χ4n) is 4.99. The number of fused-ring (bicyclic) bond motifs is 5. The van der Waals surface area contributed by atoms with Gasteiger partial charge < -0.3 is 4.74 Å². The van der Waals surface area contributed by atoms with E-state index in [2.05, 4.69) is 31.2 Å². The molecule has 0 unspecified atom stereocenters. The topological polar surface area (TPSA) is 26.3 Å². The summed E-state index contributed by atoms with van der Waals surface area (Å²) < 4.78 is 5.36. The van der Waals surface area contributed by atoms with Crippen molar-refractivity contribution in [2.75, 3.05) is 7.11 Å². The number of hydrogen-bond donors (Lipinski definition) is 0. The number of rotatable bonds is 2. The minimum atomic E-state index is -0.0366. The Morgan fingerprint density at radius 3 is 2.86 bits per heavy atom. The van der Waals surface area contributed by atoms with Crippen LogP contribution in [0.3, 0.4) is 0 Å². The third-order valence-corrected chi connectivity index (χ3v) is 6.01. The first-order chi connectivity index (χ1) is 10.1. The van der Waals surface area contributed by atoms with E-state index in [1.165, 1.54) is 12.0 Å². The van der Waals surface area contributed by atoms with Crippen LogP contribution in [-0.4, -0.2) is 12.9 Å². The largest absolute Gasteiger partial charge is 0.497 e.